The molecule has 3 N–H and O–H groups in total. The average molecular weight is 390 g/mol. The lowest BCUT2D eigenvalue weighted by Gasteiger charge is -2.11. The van der Waals surface area contributed by atoms with E-state index in [1.54, 1.807) is 37.3 Å². The number of anilines is 2. The highest BCUT2D eigenvalue weighted by atomic mass is 35.5. The molecule has 2 amide bonds. The highest BCUT2D eigenvalue weighted by molar-refractivity contribution is 7.80. The fraction of sp³-hybridized carbons (Fsp3) is 0.211. The molecule has 136 valence electrons. The van der Waals surface area contributed by atoms with Crippen LogP contribution in [0.25, 0.3) is 0 Å². The standard InChI is InChI=1S/C19H20ClN3O2S/c1-2-17(24)21-14-7-5-8-15(12-14)22-19(26)23-18(25)11-10-13-6-3-4-9-16(13)20/h3-9,12H,2,10-11H2,1H3,(H,21,24)(H2,22,23,25,26). The summed E-state index contributed by atoms with van der Waals surface area (Å²) in [5.74, 6) is -0.268. The zero-order valence-electron chi connectivity index (χ0n) is 14.3. The van der Waals surface area contributed by atoms with Gasteiger partial charge in [0.05, 0.1) is 0 Å². The van der Waals surface area contributed by atoms with Gasteiger partial charge in [0.25, 0.3) is 0 Å². The van der Waals surface area contributed by atoms with Crippen molar-refractivity contribution in [3.8, 4) is 0 Å². The highest BCUT2D eigenvalue weighted by Crippen LogP contribution is 2.17. The number of rotatable bonds is 6. The van der Waals surface area contributed by atoms with Crippen molar-refractivity contribution < 1.29 is 9.59 Å². The van der Waals surface area contributed by atoms with E-state index in [1.165, 1.54) is 0 Å². The van der Waals surface area contributed by atoms with Gasteiger partial charge in [-0.25, -0.2) is 0 Å². The number of hydrogen-bond donors (Lipinski definition) is 3. The van der Waals surface area contributed by atoms with Gasteiger partial charge >= 0.3 is 0 Å². The molecule has 0 bridgehead atoms. The first kappa shape index (κ1) is 19.9. The van der Waals surface area contributed by atoms with Crippen LogP contribution in [0.2, 0.25) is 5.02 Å². The molecule has 0 saturated carbocycles. The number of halogens is 1. The van der Waals surface area contributed by atoms with E-state index >= 15 is 0 Å². The molecule has 2 aromatic rings. The molecule has 0 saturated heterocycles. The van der Waals surface area contributed by atoms with Gasteiger partial charge in [0, 0.05) is 29.2 Å². The lowest BCUT2D eigenvalue weighted by molar-refractivity contribution is -0.119. The number of hydrogen-bond acceptors (Lipinski definition) is 3. The third-order valence-electron chi connectivity index (χ3n) is 3.56. The summed E-state index contributed by atoms with van der Waals surface area (Å²) >= 11 is 11.2. The summed E-state index contributed by atoms with van der Waals surface area (Å²) in [5, 5.41) is 9.19. The molecule has 26 heavy (non-hydrogen) atoms. The zero-order chi connectivity index (χ0) is 18.9. The predicted molar refractivity (Wildman–Crippen MR) is 109 cm³/mol. The maximum absolute atomic E-state index is 12.0. The number of aryl methyl sites for hydroxylation is 1. The number of carbonyl (C=O) groups excluding carboxylic acids is 2. The van der Waals surface area contributed by atoms with Crippen molar-refractivity contribution in [2.24, 2.45) is 0 Å². The van der Waals surface area contributed by atoms with Crippen LogP contribution in [0.15, 0.2) is 48.5 Å². The first-order valence-electron chi connectivity index (χ1n) is 8.22. The van der Waals surface area contributed by atoms with E-state index < -0.39 is 0 Å². The van der Waals surface area contributed by atoms with Crippen LogP contribution < -0.4 is 16.0 Å². The fourth-order valence-corrected chi connectivity index (χ4v) is 2.69. The van der Waals surface area contributed by atoms with E-state index in [-0.39, 0.29) is 23.3 Å². The number of nitrogens with one attached hydrogen (secondary N) is 3. The van der Waals surface area contributed by atoms with Crippen molar-refractivity contribution >= 4 is 52.1 Å². The lowest BCUT2D eigenvalue weighted by Crippen LogP contribution is -2.34. The van der Waals surface area contributed by atoms with Gasteiger partial charge in [-0.1, -0.05) is 42.8 Å². The van der Waals surface area contributed by atoms with Crippen molar-refractivity contribution in [3.63, 3.8) is 0 Å². The Labute approximate surface area is 163 Å². The first-order valence-corrected chi connectivity index (χ1v) is 9.00. The van der Waals surface area contributed by atoms with Crippen LogP contribution in [-0.2, 0) is 16.0 Å². The Hall–Kier alpha value is -2.44. The molecule has 0 unspecified atom stereocenters. The highest BCUT2D eigenvalue weighted by Gasteiger charge is 2.08. The van der Waals surface area contributed by atoms with Crippen molar-refractivity contribution in [2.45, 2.75) is 26.2 Å². The molecule has 0 fully saturated rings. The van der Waals surface area contributed by atoms with Gasteiger partial charge in [-0.05, 0) is 48.5 Å². The van der Waals surface area contributed by atoms with E-state index in [2.05, 4.69) is 16.0 Å². The number of amides is 2. The molecule has 2 rings (SSSR count). The molecule has 0 heterocycles. The smallest absolute Gasteiger partial charge is 0.226 e. The molecule has 5 nitrogen and oxygen atoms in total. The average Bonchev–Trinajstić information content (AvgIpc) is 2.61. The van der Waals surface area contributed by atoms with Crippen molar-refractivity contribution in [3.05, 3.63) is 59.1 Å². The Morgan fingerprint density at radius 3 is 2.38 bits per heavy atom. The summed E-state index contributed by atoms with van der Waals surface area (Å²) in [6.07, 6.45) is 1.21. The molecular weight excluding hydrogens is 370 g/mol. The van der Waals surface area contributed by atoms with Crippen LogP contribution in [0.3, 0.4) is 0 Å². The Kier molecular flexibility index (Phi) is 7.56. The van der Waals surface area contributed by atoms with Gasteiger partial charge < -0.3 is 16.0 Å². The van der Waals surface area contributed by atoms with Crippen molar-refractivity contribution in [1.82, 2.24) is 5.32 Å². The first-order chi connectivity index (χ1) is 12.5. The summed E-state index contributed by atoms with van der Waals surface area (Å²) < 4.78 is 0. The minimum Gasteiger partial charge on any atom is -0.332 e. The van der Waals surface area contributed by atoms with Crippen LogP contribution in [0.1, 0.15) is 25.3 Å². The second-order valence-corrected chi connectivity index (χ2v) is 6.39. The second kappa shape index (κ2) is 9.89. The van der Waals surface area contributed by atoms with Crippen LogP contribution in [0.4, 0.5) is 11.4 Å². The molecule has 0 aliphatic rings. The quantitative estimate of drug-likeness (QED) is 0.649. The van der Waals surface area contributed by atoms with Crippen molar-refractivity contribution in [2.75, 3.05) is 10.6 Å². The zero-order valence-corrected chi connectivity index (χ0v) is 15.9. The maximum atomic E-state index is 12.0. The summed E-state index contributed by atoms with van der Waals surface area (Å²) in [5.41, 5.74) is 2.26. The molecule has 0 aliphatic carbocycles. The van der Waals surface area contributed by atoms with Gasteiger partial charge in [-0.2, -0.15) is 0 Å². The number of carbonyl (C=O) groups is 2. The second-order valence-electron chi connectivity index (χ2n) is 5.58. The van der Waals surface area contributed by atoms with Crippen LogP contribution in [-0.4, -0.2) is 16.9 Å². The molecule has 0 aromatic heterocycles. The fourth-order valence-electron chi connectivity index (χ4n) is 2.22. The van der Waals surface area contributed by atoms with Crippen LogP contribution in [0, 0.1) is 0 Å². The van der Waals surface area contributed by atoms with E-state index in [0.717, 1.165) is 5.56 Å². The van der Waals surface area contributed by atoms with Gasteiger partial charge in [-0.15, -0.1) is 0 Å². The molecular formula is C19H20ClN3O2S. The normalized spacial score (nSPS) is 10.1. The van der Waals surface area contributed by atoms with Gasteiger partial charge in [0.1, 0.15) is 0 Å². The Morgan fingerprint density at radius 2 is 1.69 bits per heavy atom. The van der Waals surface area contributed by atoms with Crippen LogP contribution >= 0.6 is 23.8 Å². The SMILES string of the molecule is CCC(=O)Nc1cccc(NC(=S)NC(=O)CCc2ccccc2Cl)c1. The molecule has 0 aliphatic heterocycles. The molecule has 2 aromatic carbocycles. The van der Waals surface area contributed by atoms with E-state index in [0.29, 0.717) is 29.2 Å². The van der Waals surface area contributed by atoms with Crippen molar-refractivity contribution in [1.29, 1.82) is 0 Å². The Morgan fingerprint density at radius 1 is 1.00 bits per heavy atom. The van der Waals surface area contributed by atoms with Gasteiger partial charge in [0.15, 0.2) is 5.11 Å². The third kappa shape index (κ3) is 6.46. The summed E-state index contributed by atoms with van der Waals surface area (Å²) in [4.78, 5) is 23.5. The third-order valence-corrected chi connectivity index (χ3v) is 4.13. The lowest BCUT2D eigenvalue weighted by atomic mass is 10.1. The van der Waals surface area contributed by atoms with Crippen LogP contribution in [0.5, 0.6) is 0 Å². The minimum atomic E-state index is -0.196. The van der Waals surface area contributed by atoms with E-state index in [4.69, 9.17) is 23.8 Å². The monoisotopic (exact) mass is 389 g/mol. The topological polar surface area (TPSA) is 70.2 Å². The molecule has 0 radical (unpaired) electrons. The van der Waals surface area contributed by atoms with Gasteiger partial charge in [0.2, 0.25) is 11.8 Å². The Balaban J connectivity index is 1.84. The summed E-state index contributed by atoms with van der Waals surface area (Å²) in [6, 6.07) is 14.5. The van der Waals surface area contributed by atoms with Gasteiger partial charge in [-0.3, -0.25) is 9.59 Å². The summed E-state index contributed by atoms with van der Waals surface area (Å²) in [7, 11) is 0. The molecule has 0 spiro atoms. The summed E-state index contributed by atoms with van der Waals surface area (Å²) in [6.45, 7) is 1.78. The number of thiocarbonyl (C=S) groups is 1. The predicted octanol–water partition coefficient (Wildman–Crippen LogP) is 4.13. The minimum absolute atomic E-state index is 0.0717. The largest absolute Gasteiger partial charge is 0.332 e. The van der Waals surface area contributed by atoms with E-state index in [1.807, 2.05) is 18.2 Å². The maximum Gasteiger partial charge on any atom is 0.226 e. The molecule has 0 atom stereocenters. The Bertz CT molecular complexity index is 811. The molecule has 7 heteroatoms. The van der Waals surface area contributed by atoms with E-state index in [9.17, 15) is 9.59 Å². The number of benzene rings is 2.